The second kappa shape index (κ2) is 7.35. The molecule has 1 aliphatic rings. The van der Waals surface area contributed by atoms with E-state index in [0.29, 0.717) is 39.6 Å². The first kappa shape index (κ1) is 18.6. The molecule has 3 heterocycles. The van der Waals surface area contributed by atoms with Crippen molar-refractivity contribution in [2.45, 2.75) is 31.1 Å². The van der Waals surface area contributed by atoms with Crippen molar-refractivity contribution in [1.29, 1.82) is 0 Å². The lowest BCUT2D eigenvalue weighted by atomic mass is 10.2. The van der Waals surface area contributed by atoms with Crippen molar-refractivity contribution in [3.8, 4) is 22.2 Å². The molecule has 142 valence electrons. The van der Waals surface area contributed by atoms with Crippen LogP contribution in [0.4, 0.5) is 0 Å². The molecule has 27 heavy (non-hydrogen) atoms. The van der Waals surface area contributed by atoms with Gasteiger partial charge in [-0.3, -0.25) is 0 Å². The first-order valence-corrected chi connectivity index (χ1v) is 11.3. The number of aromatic nitrogens is 2. The van der Waals surface area contributed by atoms with Crippen LogP contribution in [-0.2, 0) is 10.0 Å². The number of rotatable bonds is 4. The molecule has 0 amide bonds. The van der Waals surface area contributed by atoms with Crippen LogP contribution in [0.25, 0.3) is 22.2 Å². The third-order valence-corrected chi connectivity index (χ3v) is 7.95. The Morgan fingerprint density at radius 2 is 1.96 bits per heavy atom. The fraction of sp³-hybridized carbons (Fsp3) is 0.333. The Bertz CT molecular complexity index is 1070. The SMILES string of the molecule is Cc1sc(-c2nc(-c3cccc(Cl)c3)no2)cc1S(=O)(=O)N1CCCCC1. The van der Waals surface area contributed by atoms with Gasteiger partial charge in [0.1, 0.15) is 0 Å². The largest absolute Gasteiger partial charge is 0.333 e. The Balaban J connectivity index is 1.66. The van der Waals surface area contributed by atoms with E-state index in [9.17, 15) is 8.42 Å². The summed E-state index contributed by atoms with van der Waals surface area (Å²) >= 11 is 7.35. The zero-order chi connectivity index (χ0) is 19.0. The summed E-state index contributed by atoms with van der Waals surface area (Å²) in [7, 11) is -3.49. The summed E-state index contributed by atoms with van der Waals surface area (Å²) in [4.78, 5) is 6.10. The summed E-state index contributed by atoms with van der Waals surface area (Å²) in [5, 5.41) is 4.58. The first-order valence-electron chi connectivity index (χ1n) is 8.66. The van der Waals surface area contributed by atoms with Crippen molar-refractivity contribution in [3.05, 3.63) is 40.2 Å². The van der Waals surface area contributed by atoms with Crippen molar-refractivity contribution in [2.75, 3.05) is 13.1 Å². The lowest BCUT2D eigenvalue weighted by molar-refractivity contribution is 0.346. The topological polar surface area (TPSA) is 76.3 Å². The van der Waals surface area contributed by atoms with Crippen LogP contribution >= 0.6 is 22.9 Å². The minimum atomic E-state index is -3.49. The first-order chi connectivity index (χ1) is 12.9. The molecule has 1 aliphatic heterocycles. The van der Waals surface area contributed by atoms with Crippen molar-refractivity contribution >= 4 is 33.0 Å². The van der Waals surface area contributed by atoms with E-state index in [-0.39, 0.29) is 0 Å². The highest BCUT2D eigenvalue weighted by Gasteiger charge is 2.29. The van der Waals surface area contributed by atoms with Crippen LogP contribution in [0.5, 0.6) is 0 Å². The van der Waals surface area contributed by atoms with E-state index in [1.165, 1.54) is 11.3 Å². The number of hydrogen-bond donors (Lipinski definition) is 0. The summed E-state index contributed by atoms with van der Waals surface area (Å²) in [6.45, 7) is 2.96. The maximum Gasteiger partial charge on any atom is 0.268 e. The van der Waals surface area contributed by atoms with E-state index < -0.39 is 10.0 Å². The molecule has 0 spiro atoms. The van der Waals surface area contributed by atoms with E-state index in [0.717, 1.165) is 29.7 Å². The summed E-state index contributed by atoms with van der Waals surface area (Å²) in [5.41, 5.74) is 0.743. The summed E-state index contributed by atoms with van der Waals surface area (Å²) < 4.78 is 32.9. The van der Waals surface area contributed by atoms with Crippen molar-refractivity contribution in [3.63, 3.8) is 0 Å². The molecule has 1 saturated heterocycles. The molecular weight excluding hydrogens is 406 g/mol. The summed E-state index contributed by atoms with van der Waals surface area (Å²) in [6, 6.07) is 8.81. The average Bonchev–Trinajstić information content (AvgIpc) is 3.29. The van der Waals surface area contributed by atoms with Gasteiger partial charge in [-0.05, 0) is 38.0 Å². The van der Waals surface area contributed by atoms with Crippen molar-refractivity contribution in [1.82, 2.24) is 14.4 Å². The van der Waals surface area contributed by atoms with E-state index in [2.05, 4.69) is 10.1 Å². The number of hydrogen-bond acceptors (Lipinski definition) is 6. The number of benzene rings is 1. The van der Waals surface area contributed by atoms with E-state index in [1.807, 2.05) is 12.1 Å². The normalized spacial score (nSPS) is 15.9. The molecule has 0 radical (unpaired) electrons. The van der Waals surface area contributed by atoms with Crippen LogP contribution < -0.4 is 0 Å². The van der Waals surface area contributed by atoms with Gasteiger partial charge >= 0.3 is 0 Å². The molecule has 6 nitrogen and oxygen atoms in total. The quantitative estimate of drug-likeness (QED) is 0.612. The van der Waals surface area contributed by atoms with Gasteiger partial charge in [-0.1, -0.05) is 35.3 Å². The van der Waals surface area contributed by atoms with Crippen LogP contribution in [0.15, 0.2) is 39.8 Å². The van der Waals surface area contributed by atoms with Gasteiger partial charge in [0.2, 0.25) is 15.8 Å². The standard InChI is InChI=1S/C18H18ClN3O3S2/c1-12-16(27(23,24)22-8-3-2-4-9-22)11-15(26-12)18-20-17(21-25-18)13-6-5-7-14(19)10-13/h5-7,10-11H,2-4,8-9H2,1H3. The Morgan fingerprint density at radius 1 is 1.19 bits per heavy atom. The number of piperidine rings is 1. The average molecular weight is 424 g/mol. The number of thiophene rings is 1. The molecule has 0 aliphatic carbocycles. The zero-order valence-corrected chi connectivity index (χ0v) is 17.1. The van der Waals surface area contributed by atoms with Gasteiger partial charge in [0.05, 0.1) is 9.77 Å². The van der Waals surface area contributed by atoms with Gasteiger partial charge in [0.15, 0.2) is 0 Å². The number of sulfonamides is 1. The molecule has 1 fully saturated rings. The molecule has 0 bridgehead atoms. The second-order valence-corrected chi connectivity index (χ2v) is 10.0. The minimum absolute atomic E-state index is 0.304. The smallest absolute Gasteiger partial charge is 0.268 e. The van der Waals surface area contributed by atoms with Crippen LogP contribution in [0.3, 0.4) is 0 Å². The molecule has 9 heteroatoms. The lowest BCUT2D eigenvalue weighted by Crippen LogP contribution is -2.35. The molecule has 0 N–H and O–H groups in total. The fourth-order valence-electron chi connectivity index (χ4n) is 3.14. The predicted molar refractivity (Wildman–Crippen MR) is 105 cm³/mol. The van der Waals surface area contributed by atoms with E-state index in [1.54, 1.807) is 29.4 Å². The molecule has 0 atom stereocenters. The second-order valence-electron chi connectivity index (χ2n) is 6.43. The summed E-state index contributed by atoms with van der Waals surface area (Å²) in [5.74, 6) is 0.720. The highest BCUT2D eigenvalue weighted by atomic mass is 35.5. The number of nitrogens with zero attached hydrogens (tertiary/aromatic N) is 3. The van der Waals surface area contributed by atoms with E-state index >= 15 is 0 Å². The Morgan fingerprint density at radius 3 is 2.70 bits per heavy atom. The Hall–Kier alpha value is -1.74. The molecule has 1 aromatic carbocycles. The monoisotopic (exact) mass is 423 g/mol. The highest BCUT2D eigenvalue weighted by molar-refractivity contribution is 7.89. The molecule has 4 rings (SSSR count). The van der Waals surface area contributed by atoms with Gasteiger partial charge in [0.25, 0.3) is 5.89 Å². The van der Waals surface area contributed by atoms with Gasteiger partial charge in [0, 0.05) is 28.6 Å². The summed E-state index contributed by atoms with van der Waals surface area (Å²) in [6.07, 6.45) is 2.89. The lowest BCUT2D eigenvalue weighted by Gasteiger charge is -2.25. The highest BCUT2D eigenvalue weighted by Crippen LogP contribution is 2.35. The van der Waals surface area contributed by atoms with Crippen molar-refractivity contribution in [2.24, 2.45) is 0 Å². The Labute approximate surface area is 166 Å². The van der Waals surface area contributed by atoms with Crippen LogP contribution in [0.1, 0.15) is 24.1 Å². The number of aryl methyl sites for hydroxylation is 1. The molecular formula is C18H18ClN3O3S2. The van der Waals surface area contributed by atoms with Gasteiger partial charge < -0.3 is 4.52 Å². The Kier molecular flexibility index (Phi) is 5.07. The van der Waals surface area contributed by atoms with E-state index in [4.69, 9.17) is 16.1 Å². The van der Waals surface area contributed by atoms with Gasteiger partial charge in [-0.15, -0.1) is 11.3 Å². The number of halogens is 1. The third kappa shape index (κ3) is 3.67. The van der Waals surface area contributed by atoms with Gasteiger partial charge in [-0.2, -0.15) is 9.29 Å². The zero-order valence-electron chi connectivity index (χ0n) is 14.7. The minimum Gasteiger partial charge on any atom is -0.333 e. The molecule has 0 unspecified atom stereocenters. The molecule has 3 aromatic rings. The predicted octanol–water partition coefficient (Wildman–Crippen LogP) is 4.60. The van der Waals surface area contributed by atoms with Crippen LogP contribution in [0.2, 0.25) is 5.02 Å². The van der Waals surface area contributed by atoms with Crippen LogP contribution in [-0.4, -0.2) is 36.0 Å². The molecule has 2 aromatic heterocycles. The fourth-order valence-corrected chi connectivity index (χ4v) is 6.33. The maximum atomic E-state index is 13.0. The van der Waals surface area contributed by atoms with Gasteiger partial charge in [-0.25, -0.2) is 8.42 Å². The van der Waals surface area contributed by atoms with Crippen LogP contribution in [0, 0.1) is 6.92 Å². The maximum absolute atomic E-state index is 13.0. The molecule has 0 saturated carbocycles. The third-order valence-electron chi connectivity index (χ3n) is 4.52. The van der Waals surface area contributed by atoms with Crippen molar-refractivity contribution < 1.29 is 12.9 Å².